The quantitative estimate of drug-likeness (QED) is 0.325. The highest BCUT2D eigenvalue weighted by molar-refractivity contribution is 7.89. The topological polar surface area (TPSA) is 134 Å². The van der Waals surface area contributed by atoms with Crippen molar-refractivity contribution < 1.29 is 49.2 Å². The zero-order chi connectivity index (χ0) is 32.3. The second-order valence-corrected chi connectivity index (χ2v) is 11.7. The summed E-state index contributed by atoms with van der Waals surface area (Å²) in [5.41, 5.74) is 0.746. The van der Waals surface area contributed by atoms with Crippen LogP contribution in [0, 0.1) is 6.92 Å². The lowest BCUT2D eigenvalue weighted by molar-refractivity contribution is -0.274. The van der Waals surface area contributed by atoms with Crippen LogP contribution in [0.25, 0.3) is 0 Å². The van der Waals surface area contributed by atoms with Crippen LogP contribution in [-0.4, -0.2) is 66.8 Å². The van der Waals surface area contributed by atoms with Gasteiger partial charge in [0.1, 0.15) is 11.8 Å². The van der Waals surface area contributed by atoms with Crippen molar-refractivity contribution in [1.29, 1.82) is 0 Å². The maximum Gasteiger partial charge on any atom is 0.573 e. The number of sulfonamides is 1. The third kappa shape index (κ3) is 7.82. The van der Waals surface area contributed by atoms with Crippen LogP contribution in [0.15, 0.2) is 64.0 Å². The number of nitrogens with one attached hydrogen (secondary N) is 2. The van der Waals surface area contributed by atoms with E-state index in [-0.39, 0.29) is 31.1 Å². The van der Waals surface area contributed by atoms with Gasteiger partial charge < -0.3 is 19.5 Å². The summed E-state index contributed by atoms with van der Waals surface area (Å²) in [5.74, 6) is -4.44. The van der Waals surface area contributed by atoms with Crippen LogP contribution >= 0.6 is 0 Å². The van der Waals surface area contributed by atoms with Gasteiger partial charge in [-0.25, -0.2) is 22.0 Å². The lowest BCUT2D eigenvalue weighted by atomic mass is 10.0. The first-order chi connectivity index (χ1) is 20.6. The first-order valence-corrected chi connectivity index (χ1v) is 14.6. The lowest BCUT2D eigenvalue weighted by Crippen LogP contribution is -2.61. The molecule has 44 heavy (non-hydrogen) atoms. The fourth-order valence-electron chi connectivity index (χ4n) is 4.39. The van der Waals surface area contributed by atoms with Crippen LogP contribution in [0.3, 0.4) is 0 Å². The van der Waals surface area contributed by atoms with E-state index in [1.807, 2.05) is 0 Å². The van der Waals surface area contributed by atoms with Gasteiger partial charge in [-0.15, -0.1) is 13.2 Å². The molecule has 2 aromatic carbocycles. The van der Waals surface area contributed by atoms with Crippen LogP contribution in [0.5, 0.6) is 5.75 Å². The highest BCUT2D eigenvalue weighted by Gasteiger charge is 2.42. The second kappa shape index (κ2) is 12.8. The Kier molecular flexibility index (Phi) is 9.48. The Labute approximate surface area is 249 Å². The van der Waals surface area contributed by atoms with Crippen molar-refractivity contribution in [3.8, 4) is 5.75 Å². The van der Waals surface area contributed by atoms with Crippen molar-refractivity contribution in [3.05, 3.63) is 71.4 Å². The van der Waals surface area contributed by atoms with Crippen molar-refractivity contribution in [3.63, 3.8) is 0 Å². The summed E-state index contributed by atoms with van der Waals surface area (Å²) in [7, 11) is -4.46. The van der Waals surface area contributed by atoms with E-state index in [0.717, 1.165) is 28.6 Å². The molecule has 2 heterocycles. The highest BCUT2D eigenvalue weighted by Crippen LogP contribution is 2.31. The monoisotopic (exact) mass is 645 g/mol. The van der Waals surface area contributed by atoms with Crippen LogP contribution in [0.1, 0.15) is 30.2 Å². The zero-order valence-electron chi connectivity index (χ0n) is 23.4. The molecule has 1 aliphatic rings. The van der Waals surface area contributed by atoms with Gasteiger partial charge >= 0.3 is 12.4 Å². The summed E-state index contributed by atoms with van der Waals surface area (Å²) in [6.45, 7) is 1.94. The Morgan fingerprint density at radius 1 is 1.05 bits per heavy atom. The number of aryl methyl sites for hydroxylation is 1. The molecule has 0 saturated carbocycles. The number of hydrogen-bond donors (Lipinski definition) is 2. The van der Waals surface area contributed by atoms with Crippen molar-refractivity contribution >= 4 is 27.8 Å². The van der Waals surface area contributed by atoms with Crippen LogP contribution in [0.2, 0.25) is 0 Å². The number of benzene rings is 2. The van der Waals surface area contributed by atoms with Gasteiger partial charge in [-0.2, -0.15) is 4.31 Å². The smallest absolute Gasteiger partial charge is 0.406 e. The zero-order valence-corrected chi connectivity index (χ0v) is 24.2. The molecule has 1 fully saturated rings. The molecule has 1 atom stereocenters. The maximum atomic E-state index is 14.0. The van der Waals surface area contributed by atoms with Crippen molar-refractivity contribution in [2.24, 2.45) is 0 Å². The minimum absolute atomic E-state index is 0.0295. The third-order valence-electron chi connectivity index (χ3n) is 6.73. The van der Waals surface area contributed by atoms with E-state index >= 15 is 0 Å². The molecule has 1 saturated heterocycles. The minimum Gasteiger partial charge on any atom is -0.406 e. The largest absolute Gasteiger partial charge is 0.573 e. The molecule has 4 rings (SSSR count). The lowest BCUT2D eigenvalue weighted by Gasteiger charge is -2.39. The number of aromatic nitrogens is 1. The standard InChI is InChI=1S/C27H28F5N5O6S/c1-3-26(28,29)19-6-4-18(5-7-19)15-33-24(38)22-16-36(25(39)34-23-14-17(2)35-43-23)12-13-37(22)44(40,41)21-10-8-20(9-11-21)42-27(30,31)32/h4-11,14,22H,3,12-13,15-16H2,1-2H3,(H,33,38)(H,34,39)/t22-/m1/s1. The van der Waals surface area contributed by atoms with E-state index in [2.05, 4.69) is 20.5 Å². The van der Waals surface area contributed by atoms with Crippen molar-refractivity contribution in [2.75, 3.05) is 25.0 Å². The molecule has 0 spiro atoms. The summed E-state index contributed by atoms with van der Waals surface area (Å²) in [6.07, 6.45) is -5.38. The molecule has 0 bridgehead atoms. The minimum atomic E-state index is -4.98. The van der Waals surface area contributed by atoms with Crippen molar-refractivity contribution in [1.82, 2.24) is 19.7 Å². The molecule has 0 aliphatic carbocycles. The Balaban J connectivity index is 1.54. The molecule has 238 valence electrons. The Bertz CT molecular complexity index is 1580. The number of nitrogens with zero attached hydrogens (tertiary/aromatic N) is 3. The highest BCUT2D eigenvalue weighted by atomic mass is 32.2. The Hall–Kier alpha value is -4.25. The average molecular weight is 646 g/mol. The molecular formula is C27H28F5N5O6S. The van der Waals surface area contributed by atoms with E-state index < -0.39 is 63.9 Å². The summed E-state index contributed by atoms with van der Waals surface area (Å²) < 4.78 is 102. The molecule has 0 unspecified atom stereocenters. The fraction of sp³-hybridized carbons (Fsp3) is 0.370. The molecular weight excluding hydrogens is 617 g/mol. The first kappa shape index (κ1) is 32.7. The van der Waals surface area contributed by atoms with Gasteiger partial charge in [0.2, 0.25) is 21.8 Å². The van der Waals surface area contributed by atoms with Gasteiger partial charge in [0.25, 0.3) is 5.92 Å². The summed E-state index contributed by atoms with van der Waals surface area (Å²) >= 11 is 0. The second-order valence-electron chi connectivity index (χ2n) is 9.83. The Morgan fingerprint density at radius 2 is 1.70 bits per heavy atom. The molecule has 11 nitrogen and oxygen atoms in total. The molecule has 3 aromatic rings. The molecule has 1 aliphatic heterocycles. The van der Waals surface area contributed by atoms with Gasteiger partial charge in [0, 0.05) is 44.2 Å². The van der Waals surface area contributed by atoms with E-state index in [0.29, 0.717) is 11.3 Å². The fourth-order valence-corrected chi connectivity index (χ4v) is 5.96. The summed E-state index contributed by atoms with van der Waals surface area (Å²) in [5, 5.41) is 8.72. The number of piperazine rings is 1. The van der Waals surface area contributed by atoms with E-state index in [1.165, 1.54) is 42.2 Å². The van der Waals surface area contributed by atoms with Crippen molar-refractivity contribution in [2.45, 2.75) is 50.0 Å². The molecule has 0 radical (unpaired) electrons. The van der Waals surface area contributed by atoms with Crippen LogP contribution < -0.4 is 15.4 Å². The number of anilines is 1. The maximum absolute atomic E-state index is 14.0. The number of alkyl halides is 5. The summed E-state index contributed by atoms with van der Waals surface area (Å²) in [4.78, 5) is 27.1. The molecule has 3 amide bonds. The average Bonchev–Trinajstić information content (AvgIpc) is 3.39. The van der Waals surface area contributed by atoms with Gasteiger partial charge in [0.05, 0.1) is 10.6 Å². The van der Waals surface area contributed by atoms with Crippen LogP contribution in [0.4, 0.5) is 32.6 Å². The van der Waals surface area contributed by atoms with Gasteiger partial charge in [0.15, 0.2) is 0 Å². The van der Waals surface area contributed by atoms with E-state index in [1.54, 1.807) is 6.92 Å². The normalized spacial score (nSPS) is 16.4. The number of urea groups is 1. The number of halogens is 5. The van der Waals surface area contributed by atoms with Gasteiger partial charge in [-0.3, -0.25) is 10.1 Å². The number of amides is 3. The third-order valence-corrected chi connectivity index (χ3v) is 8.65. The van der Waals surface area contributed by atoms with Gasteiger partial charge in [-0.1, -0.05) is 36.3 Å². The number of hydrogen-bond acceptors (Lipinski definition) is 7. The van der Waals surface area contributed by atoms with E-state index in [4.69, 9.17) is 4.52 Å². The first-order valence-electron chi connectivity index (χ1n) is 13.2. The Morgan fingerprint density at radius 3 is 2.27 bits per heavy atom. The van der Waals surface area contributed by atoms with E-state index in [9.17, 15) is 40.0 Å². The summed E-state index contributed by atoms with van der Waals surface area (Å²) in [6, 6.07) is 8.01. The number of carbonyl (C=O) groups is 2. The predicted molar refractivity (Wildman–Crippen MR) is 145 cm³/mol. The predicted octanol–water partition coefficient (Wildman–Crippen LogP) is 4.61. The number of ether oxygens (including phenoxy) is 1. The van der Waals surface area contributed by atoms with Crippen LogP contribution in [-0.2, 0) is 27.3 Å². The molecule has 2 N–H and O–H groups in total. The number of rotatable bonds is 9. The van der Waals surface area contributed by atoms with Gasteiger partial charge in [-0.05, 0) is 36.8 Å². The molecule has 1 aromatic heterocycles. The number of carbonyl (C=O) groups excluding carboxylic acids is 2. The molecule has 17 heteroatoms. The SMILES string of the molecule is CCC(F)(F)c1ccc(CNC(=O)[C@H]2CN(C(=O)Nc3cc(C)no3)CCN2S(=O)(=O)c2ccc(OC(F)(F)F)cc2)cc1.